The van der Waals surface area contributed by atoms with Crippen molar-refractivity contribution < 1.29 is 38.8 Å². The highest BCUT2D eigenvalue weighted by molar-refractivity contribution is 6.06. The number of aliphatic hydroxyl groups excluding tert-OH is 2. The highest BCUT2D eigenvalue weighted by Crippen LogP contribution is 2.50. The zero-order chi connectivity index (χ0) is 24.0. The van der Waals surface area contributed by atoms with Gasteiger partial charge in [0.05, 0.1) is 37.2 Å². The summed E-state index contributed by atoms with van der Waals surface area (Å²) in [5.74, 6) is -1.82. The number of ether oxygens (including phenoxy) is 3. The fraction of sp³-hybridized carbons (Fsp3) is 0.565. The second kappa shape index (κ2) is 8.88. The predicted octanol–water partition coefficient (Wildman–Crippen LogP) is 0.770. The molecule has 11 heteroatoms. The van der Waals surface area contributed by atoms with Crippen LogP contribution in [0.15, 0.2) is 23.3 Å². The maximum Gasteiger partial charge on any atom is 0.427 e. The van der Waals surface area contributed by atoms with Crippen molar-refractivity contribution in [3.05, 3.63) is 23.8 Å². The van der Waals surface area contributed by atoms with E-state index in [1.165, 1.54) is 4.90 Å². The summed E-state index contributed by atoms with van der Waals surface area (Å²) in [5, 5.41) is 25.5. The molecule has 2 aliphatic carbocycles. The number of nitrogens with zero attached hydrogens (tertiary/aromatic N) is 2. The van der Waals surface area contributed by atoms with Gasteiger partial charge in [-0.3, -0.25) is 14.5 Å². The minimum absolute atomic E-state index is 0.0647. The standard InChI is InChI=1S/C23H27N3O8/c1-2-32-23(31)25-24-14-8-15(27)20(28)18-12(14)4-5-13-19(18)22(30)26(21(13)29)9-11-3-6-16-17(7-11)34-10-33-16/h3,6-7,12-13,15,18-20,27-28H,2,4-5,8-10H2,1H3,(H,25,31)/t12-,13+,15+,18-,19+,20+/m0/s1. The third kappa shape index (κ3) is 3.78. The fourth-order valence-corrected chi connectivity index (χ4v) is 5.72. The Morgan fingerprint density at radius 1 is 1.18 bits per heavy atom. The molecule has 0 spiro atoms. The molecule has 2 saturated carbocycles. The molecule has 1 aromatic rings. The molecular formula is C23H27N3O8. The average molecular weight is 473 g/mol. The van der Waals surface area contributed by atoms with Crippen molar-refractivity contribution in [2.75, 3.05) is 13.4 Å². The quantitative estimate of drug-likeness (QED) is 0.429. The van der Waals surface area contributed by atoms with Crippen LogP contribution in [0.2, 0.25) is 0 Å². The number of amides is 3. The molecule has 3 N–H and O–H groups in total. The molecule has 6 atom stereocenters. The molecule has 0 bridgehead atoms. The van der Waals surface area contributed by atoms with E-state index in [2.05, 4.69) is 10.5 Å². The first-order valence-corrected chi connectivity index (χ1v) is 11.5. The van der Waals surface area contributed by atoms with E-state index in [1.54, 1.807) is 25.1 Å². The van der Waals surface area contributed by atoms with Crippen molar-refractivity contribution in [1.82, 2.24) is 10.3 Å². The van der Waals surface area contributed by atoms with Crippen LogP contribution >= 0.6 is 0 Å². The SMILES string of the molecule is CCOC(=O)NN=C1C[C@@H](O)[C@@H](O)[C@@H]2[C@@H]3C(=O)N(Cc4ccc5c(c4)OCO5)C(=O)[C@@H]3CC[C@@H]12. The molecule has 5 rings (SSSR count). The van der Waals surface area contributed by atoms with Crippen molar-refractivity contribution in [2.45, 2.75) is 44.9 Å². The molecule has 1 aromatic carbocycles. The smallest absolute Gasteiger partial charge is 0.427 e. The predicted molar refractivity (Wildman–Crippen MR) is 116 cm³/mol. The Morgan fingerprint density at radius 3 is 2.74 bits per heavy atom. The zero-order valence-corrected chi connectivity index (χ0v) is 18.7. The summed E-state index contributed by atoms with van der Waals surface area (Å²) in [6.07, 6.45) is -2.03. The summed E-state index contributed by atoms with van der Waals surface area (Å²) in [6.45, 7) is 2.07. The fourth-order valence-electron chi connectivity index (χ4n) is 5.72. The summed E-state index contributed by atoms with van der Waals surface area (Å²) in [7, 11) is 0. The number of fused-ring (bicyclic) bond motifs is 4. The third-order valence-electron chi connectivity index (χ3n) is 7.21. The average Bonchev–Trinajstić information content (AvgIpc) is 3.38. The maximum atomic E-state index is 13.5. The lowest BCUT2D eigenvalue weighted by Gasteiger charge is -2.45. The molecule has 3 amide bonds. The number of carbonyl (C=O) groups is 3. The van der Waals surface area contributed by atoms with Crippen molar-refractivity contribution in [2.24, 2.45) is 28.8 Å². The largest absolute Gasteiger partial charge is 0.454 e. The van der Waals surface area contributed by atoms with Gasteiger partial charge in [-0.25, -0.2) is 10.2 Å². The van der Waals surface area contributed by atoms with Crippen LogP contribution < -0.4 is 14.9 Å². The lowest BCUT2D eigenvalue weighted by Crippen LogP contribution is -2.55. The molecule has 1 saturated heterocycles. The van der Waals surface area contributed by atoms with Gasteiger partial charge in [0.15, 0.2) is 11.5 Å². The Bertz CT molecular complexity index is 1040. The number of hydrogen-bond acceptors (Lipinski definition) is 9. The number of likely N-dealkylation sites (tertiary alicyclic amines) is 1. The summed E-state index contributed by atoms with van der Waals surface area (Å²) < 4.78 is 15.5. The summed E-state index contributed by atoms with van der Waals surface area (Å²) in [4.78, 5) is 39.6. The topological polar surface area (TPSA) is 147 Å². The van der Waals surface area contributed by atoms with Gasteiger partial charge in [0.1, 0.15) is 0 Å². The van der Waals surface area contributed by atoms with Crippen LogP contribution in [0, 0.1) is 23.7 Å². The van der Waals surface area contributed by atoms with Crippen LogP contribution in [-0.4, -0.2) is 64.3 Å². The Labute approximate surface area is 195 Å². The maximum absolute atomic E-state index is 13.5. The van der Waals surface area contributed by atoms with E-state index in [0.29, 0.717) is 30.1 Å². The molecule has 34 heavy (non-hydrogen) atoms. The van der Waals surface area contributed by atoms with Gasteiger partial charge in [0, 0.05) is 24.0 Å². The number of carbonyl (C=O) groups excluding carboxylic acids is 3. The molecule has 0 radical (unpaired) electrons. The molecule has 0 unspecified atom stereocenters. The van der Waals surface area contributed by atoms with Gasteiger partial charge in [-0.15, -0.1) is 0 Å². The van der Waals surface area contributed by atoms with Crippen molar-refractivity contribution in [3.8, 4) is 11.5 Å². The van der Waals surface area contributed by atoms with Gasteiger partial charge in [-0.2, -0.15) is 5.10 Å². The number of nitrogens with one attached hydrogen (secondary N) is 1. The third-order valence-corrected chi connectivity index (χ3v) is 7.21. The molecule has 3 fully saturated rings. The van der Waals surface area contributed by atoms with Crippen molar-refractivity contribution >= 4 is 23.6 Å². The molecule has 2 aliphatic heterocycles. The van der Waals surface area contributed by atoms with Crippen LogP contribution in [0.25, 0.3) is 0 Å². The number of imide groups is 1. The van der Waals surface area contributed by atoms with Crippen LogP contribution in [0.1, 0.15) is 31.7 Å². The van der Waals surface area contributed by atoms with E-state index < -0.39 is 36.1 Å². The lowest BCUT2D eigenvalue weighted by molar-refractivity contribution is -0.142. The van der Waals surface area contributed by atoms with E-state index in [9.17, 15) is 24.6 Å². The number of hydrogen-bond donors (Lipinski definition) is 3. The Morgan fingerprint density at radius 2 is 1.94 bits per heavy atom. The van der Waals surface area contributed by atoms with E-state index in [-0.39, 0.29) is 44.1 Å². The number of aliphatic hydroxyl groups is 2. The number of benzene rings is 1. The van der Waals surface area contributed by atoms with Gasteiger partial charge in [-0.1, -0.05) is 6.07 Å². The highest BCUT2D eigenvalue weighted by atomic mass is 16.7. The highest BCUT2D eigenvalue weighted by Gasteiger charge is 2.59. The van der Waals surface area contributed by atoms with Crippen LogP contribution in [0.3, 0.4) is 0 Å². The van der Waals surface area contributed by atoms with Crippen LogP contribution in [-0.2, 0) is 20.9 Å². The minimum Gasteiger partial charge on any atom is -0.454 e. The molecular weight excluding hydrogens is 446 g/mol. The first-order chi connectivity index (χ1) is 16.4. The second-order valence-electron chi connectivity index (χ2n) is 9.04. The minimum atomic E-state index is -1.18. The first-order valence-electron chi connectivity index (χ1n) is 11.5. The first kappa shape index (κ1) is 22.6. The monoisotopic (exact) mass is 473 g/mol. The van der Waals surface area contributed by atoms with Crippen LogP contribution in [0.4, 0.5) is 4.79 Å². The lowest BCUT2D eigenvalue weighted by atomic mass is 9.60. The van der Waals surface area contributed by atoms with Crippen molar-refractivity contribution in [1.29, 1.82) is 0 Å². The molecule has 2 heterocycles. The van der Waals surface area contributed by atoms with E-state index in [0.717, 1.165) is 5.56 Å². The van der Waals surface area contributed by atoms with E-state index in [1.807, 2.05) is 0 Å². The summed E-state index contributed by atoms with van der Waals surface area (Å²) in [6, 6.07) is 5.27. The molecule has 182 valence electrons. The summed E-state index contributed by atoms with van der Waals surface area (Å²) in [5.41, 5.74) is 3.53. The second-order valence-corrected chi connectivity index (χ2v) is 9.04. The Hall–Kier alpha value is -3.18. The molecule has 0 aromatic heterocycles. The number of rotatable bonds is 4. The molecule has 4 aliphatic rings. The number of hydrazone groups is 1. The van der Waals surface area contributed by atoms with Crippen LogP contribution in [0.5, 0.6) is 11.5 Å². The summed E-state index contributed by atoms with van der Waals surface area (Å²) >= 11 is 0. The van der Waals surface area contributed by atoms with Crippen molar-refractivity contribution in [3.63, 3.8) is 0 Å². The molecule has 11 nitrogen and oxygen atoms in total. The van der Waals surface area contributed by atoms with Gasteiger partial charge in [-0.05, 0) is 37.5 Å². The van der Waals surface area contributed by atoms with Gasteiger partial charge in [0.25, 0.3) is 0 Å². The van der Waals surface area contributed by atoms with E-state index >= 15 is 0 Å². The van der Waals surface area contributed by atoms with Gasteiger partial charge >= 0.3 is 6.09 Å². The Balaban J connectivity index is 1.38. The Kier molecular flexibility index (Phi) is 5.90. The van der Waals surface area contributed by atoms with Gasteiger partial charge < -0.3 is 24.4 Å². The van der Waals surface area contributed by atoms with E-state index in [4.69, 9.17) is 14.2 Å². The van der Waals surface area contributed by atoms with Gasteiger partial charge in [0.2, 0.25) is 18.6 Å². The normalized spacial score (nSPS) is 33.0. The zero-order valence-electron chi connectivity index (χ0n) is 18.7.